The number of amides is 1. The zero-order chi connectivity index (χ0) is 16.4. The normalized spacial score (nSPS) is 12.3. The number of hydrogen-bond acceptors (Lipinski definition) is 2. The molecule has 1 aromatic carbocycles. The van der Waals surface area contributed by atoms with Gasteiger partial charge in [-0.1, -0.05) is 34.8 Å². The zero-order valence-corrected chi connectivity index (χ0v) is 12.4. The third-order valence-electron chi connectivity index (χ3n) is 2.46. The molecular formula is C11H9Cl3F3NO3. The third-order valence-corrected chi connectivity index (χ3v) is 2.86. The number of carbonyl (C=O) groups is 1. The summed E-state index contributed by atoms with van der Waals surface area (Å²) in [4.78, 5) is 10.7. The monoisotopic (exact) mass is 365 g/mol. The Kier molecular flexibility index (Phi) is 5.60. The van der Waals surface area contributed by atoms with Gasteiger partial charge in [-0.15, -0.1) is 0 Å². The lowest BCUT2D eigenvalue weighted by Gasteiger charge is -2.20. The molecule has 0 saturated carbocycles. The van der Waals surface area contributed by atoms with E-state index < -0.39 is 33.9 Å². The SMILES string of the molecule is O=C(O)Nc1cc(C(F)(F)F)cc(CO)c1CC(Cl)(Cl)Cl. The Labute approximate surface area is 132 Å². The summed E-state index contributed by atoms with van der Waals surface area (Å²) >= 11 is 16.8. The van der Waals surface area contributed by atoms with E-state index in [9.17, 15) is 23.1 Å². The van der Waals surface area contributed by atoms with Crippen LogP contribution in [0.3, 0.4) is 0 Å². The van der Waals surface area contributed by atoms with Gasteiger partial charge in [-0.3, -0.25) is 5.32 Å². The lowest BCUT2D eigenvalue weighted by molar-refractivity contribution is -0.137. The Bertz CT molecular complexity index is 544. The van der Waals surface area contributed by atoms with Gasteiger partial charge in [-0.2, -0.15) is 13.2 Å². The summed E-state index contributed by atoms with van der Waals surface area (Å²) in [6, 6.07) is 1.26. The van der Waals surface area contributed by atoms with E-state index in [1.165, 1.54) is 0 Å². The van der Waals surface area contributed by atoms with E-state index in [2.05, 4.69) is 0 Å². The molecule has 4 nitrogen and oxygen atoms in total. The highest BCUT2D eigenvalue weighted by molar-refractivity contribution is 6.67. The van der Waals surface area contributed by atoms with Crippen LogP contribution in [0.2, 0.25) is 0 Å². The van der Waals surface area contributed by atoms with Crippen LogP contribution in [-0.2, 0) is 19.2 Å². The Morgan fingerprint density at radius 2 is 1.81 bits per heavy atom. The van der Waals surface area contributed by atoms with Crippen molar-refractivity contribution in [3.05, 3.63) is 28.8 Å². The molecule has 0 aliphatic rings. The molecule has 1 rings (SSSR count). The van der Waals surface area contributed by atoms with E-state index in [0.29, 0.717) is 12.1 Å². The summed E-state index contributed by atoms with van der Waals surface area (Å²) in [7, 11) is 0. The van der Waals surface area contributed by atoms with Crippen LogP contribution >= 0.6 is 34.8 Å². The quantitative estimate of drug-likeness (QED) is 0.702. The average molecular weight is 367 g/mol. The van der Waals surface area contributed by atoms with Crippen molar-refractivity contribution in [1.82, 2.24) is 0 Å². The maximum Gasteiger partial charge on any atom is 0.416 e. The first-order valence-corrected chi connectivity index (χ1v) is 6.48. The van der Waals surface area contributed by atoms with E-state index >= 15 is 0 Å². The van der Waals surface area contributed by atoms with Crippen molar-refractivity contribution in [2.45, 2.75) is 23.0 Å². The Hall–Kier alpha value is -0.890. The van der Waals surface area contributed by atoms with E-state index in [4.69, 9.17) is 39.9 Å². The third kappa shape index (κ3) is 5.43. The van der Waals surface area contributed by atoms with Gasteiger partial charge in [0.25, 0.3) is 0 Å². The van der Waals surface area contributed by atoms with Crippen LogP contribution < -0.4 is 5.32 Å². The van der Waals surface area contributed by atoms with E-state index in [1.54, 1.807) is 0 Å². The summed E-state index contributed by atoms with van der Waals surface area (Å²) < 4.78 is 36.4. The molecule has 21 heavy (non-hydrogen) atoms. The number of anilines is 1. The zero-order valence-electron chi connectivity index (χ0n) is 10.1. The van der Waals surface area contributed by atoms with Crippen molar-refractivity contribution in [3.8, 4) is 0 Å². The molecule has 0 aromatic heterocycles. The molecule has 0 aliphatic heterocycles. The highest BCUT2D eigenvalue weighted by Gasteiger charge is 2.33. The number of nitrogens with one attached hydrogen (secondary N) is 1. The lowest BCUT2D eigenvalue weighted by atomic mass is 9.99. The first kappa shape index (κ1) is 18.2. The van der Waals surface area contributed by atoms with Gasteiger partial charge < -0.3 is 10.2 Å². The predicted octanol–water partition coefficient (Wildman–Crippen LogP) is 4.20. The van der Waals surface area contributed by atoms with Gasteiger partial charge in [0.1, 0.15) is 0 Å². The van der Waals surface area contributed by atoms with Crippen molar-refractivity contribution >= 4 is 46.6 Å². The van der Waals surface area contributed by atoms with E-state index in [-0.39, 0.29) is 17.5 Å². The fourth-order valence-electron chi connectivity index (χ4n) is 1.67. The minimum Gasteiger partial charge on any atom is -0.465 e. The summed E-state index contributed by atoms with van der Waals surface area (Å²) in [5.41, 5.74) is -1.72. The molecule has 0 saturated heterocycles. The highest BCUT2D eigenvalue weighted by atomic mass is 35.6. The maximum atomic E-state index is 12.8. The number of benzene rings is 1. The number of hydrogen-bond donors (Lipinski definition) is 3. The van der Waals surface area contributed by atoms with Gasteiger partial charge in [0.15, 0.2) is 3.79 Å². The van der Waals surface area contributed by atoms with Crippen LogP contribution in [0.25, 0.3) is 0 Å². The van der Waals surface area contributed by atoms with Crippen LogP contribution in [0.4, 0.5) is 23.7 Å². The van der Waals surface area contributed by atoms with Crippen LogP contribution in [0.5, 0.6) is 0 Å². The fraction of sp³-hybridized carbons (Fsp3) is 0.364. The Morgan fingerprint density at radius 3 is 2.19 bits per heavy atom. The van der Waals surface area contributed by atoms with Crippen molar-refractivity contribution in [3.63, 3.8) is 0 Å². The van der Waals surface area contributed by atoms with Crippen molar-refractivity contribution in [2.24, 2.45) is 0 Å². The standard InChI is InChI=1S/C11H9Cl3F3NO3/c12-10(13,14)3-7-5(4-19)1-6(11(15,16)17)2-8(7)18-9(20)21/h1-2,18-19H,3-4H2,(H,20,21). The number of carboxylic acid groups (broad SMARTS) is 1. The summed E-state index contributed by atoms with van der Waals surface area (Å²) in [6.45, 7) is -0.770. The molecule has 1 amide bonds. The molecule has 0 atom stereocenters. The number of alkyl halides is 6. The topological polar surface area (TPSA) is 69.6 Å². The maximum absolute atomic E-state index is 12.8. The minimum absolute atomic E-state index is 0.0205. The van der Waals surface area contributed by atoms with Gasteiger partial charge in [0.2, 0.25) is 0 Å². The van der Waals surface area contributed by atoms with Crippen molar-refractivity contribution < 1.29 is 28.2 Å². The highest BCUT2D eigenvalue weighted by Crippen LogP contribution is 2.38. The number of aliphatic hydroxyl groups is 1. The van der Waals surface area contributed by atoms with Gasteiger partial charge in [0, 0.05) is 12.1 Å². The van der Waals surface area contributed by atoms with Gasteiger partial charge in [0.05, 0.1) is 12.2 Å². The van der Waals surface area contributed by atoms with Crippen LogP contribution in [0.1, 0.15) is 16.7 Å². The smallest absolute Gasteiger partial charge is 0.416 e. The van der Waals surface area contributed by atoms with E-state index in [0.717, 1.165) is 0 Å². The van der Waals surface area contributed by atoms with Crippen molar-refractivity contribution in [1.29, 1.82) is 0 Å². The average Bonchev–Trinajstić information content (AvgIpc) is 2.27. The summed E-state index contributed by atoms with van der Waals surface area (Å²) in [5.74, 6) is 0. The molecule has 118 valence electrons. The van der Waals surface area contributed by atoms with Crippen LogP contribution in [0, 0.1) is 0 Å². The number of halogens is 6. The van der Waals surface area contributed by atoms with Crippen LogP contribution in [-0.4, -0.2) is 20.1 Å². The van der Waals surface area contributed by atoms with Crippen LogP contribution in [0.15, 0.2) is 12.1 Å². The first-order chi connectivity index (χ1) is 9.44. The minimum atomic E-state index is -4.71. The summed E-state index contributed by atoms with van der Waals surface area (Å²) in [6.07, 6.45) is -6.66. The molecule has 3 N–H and O–H groups in total. The molecular weight excluding hydrogens is 357 g/mol. The molecule has 0 fully saturated rings. The molecule has 0 unspecified atom stereocenters. The fourth-order valence-corrected chi connectivity index (χ4v) is 2.07. The molecule has 0 bridgehead atoms. The molecule has 0 spiro atoms. The number of rotatable bonds is 3. The second-order valence-corrected chi connectivity index (χ2v) is 6.56. The van der Waals surface area contributed by atoms with Gasteiger partial charge in [-0.25, -0.2) is 4.79 Å². The molecule has 0 aliphatic carbocycles. The first-order valence-electron chi connectivity index (χ1n) is 5.34. The van der Waals surface area contributed by atoms with E-state index in [1.807, 2.05) is 5.32 Å². The molecule has 10 heteroatoms. The Balaban J connectivity index is 3.47. The Morgan fingerprint density at radius 1 is 1.24 bits per heavy atom. The predicted molar refractivity (Wildman–Crippen MR) is 73.0 cm³/mol. The van der Waals surface area contributed by atoms with Crippen molar-refractivity contribution in [2.75, 3.05) is 5.32 Å². The summed E-state index contributed by atoms with van der Waals surface area (Å²) in [5, 5.41) is 19.7. The molecule has 0 radical (unpaired) electrons. The molecule has 0 heterocycles. The second kappa shape index (κ2) is 6.48. The lowest BCUT2D eigenvalue weighted by Crippen LogP contribution is -2.17. The van der Waals surface area contributed by atoms with Gasteiger partial charge >= 0.3 is 12.3 Å². The number of aliphatic hydroxyl groups excluding tert-OH is 1. The second-order valence-electron chi connectivity index (χ2n) is 4.04. The molecule has 1 aromatic rings. The van der Waals surface area contributed by atoms with Gasteiger partial charge in [-0.05, 0) is 23.3 Å². The largest absolute Gasteiger partial charge is 0.465 e.